The van der Waals surface area contributed by atoms with Crippen molar-refractivity contribution in [3.05, 3.63) is 30.1 Å². The Morgan fingerprint density at radius 2 is 2.00 bits per heavy atom. The average molecular weight is 301 g/mol. The first-order chi connectivity index (χ1) is 7.74. The van der Waals surface area contributed by atoms with E-state index < -0.39 is 0 Å². The first kappa shape index (κ1) is 16.1. The molecule has 0 atom stereocenters. The molecule has 0 bridgehead atoms. The number of aryl methyl sites for hydroxylation is 1. The van der Waals surface area contributed by atoms with E-state index in [4.69, 9.17) is 5.73 Å². The number of unbranched alkanes of at least 4 members (excludes halogenated alkanes) is 4. The highest BCUT2D eigenvalue weighted by molar-refractivity contribution is 5.92. The molecule has 1 aromatic rings. The molecule has 0 aliphatic carbocycles. The largest absolute Gasteiger partial charge is 1.00 e. The minimum Gasteiger partial charge on any atom is -1.00 e. The van der Waals surface area contributed by atoms with Crippen molar-refractivity contribution in [1.82, 2.24) is 0 Å². The van der Waals surface area contributed by atoms with Gasteiger partial charge in [-0.1, -0.05) is 26.2 Å². The van der Waals surface area contributed by atoms with Crippen molar-refractivity contribution in [2.75, 3.05) is 0 Å². The Bertz CT molecular complexity index is 342. The van der Waals surface area contributed by atoms with Crippen molar-refractivity contribution in [3.8, 4) is 0 Å². The van der Waals surface area contributed by atoms with E-state index in [1.807, 2.05) is 23.0 Å². The minimum atomic E-state index is -0.361. The summed E-state index contributed by atoms with van der Waals surface area (Å²) in [6.07, 6.45) is 10.1. The summed E-state index contributed by atoms with van der Waals surface area (Å²) in [4.78, 5) is 11.0. The van der Waals surface area contributed by atoms with Crippen molar-refractivity contribution >= 4 is 5.91 Å². The number of rotatable bonds is 7. The summed E-state index contributed by atoms with van der Waals surface area (Å²) in [6.45, 7) is 3.18. The van der Waals surface area contributed by atoms with Crippen LogP contribution in [0.15, 0.2) is 24.5 Å². The molecule has 96 valence electrons. The van der Waals surface area contributed by atoms with Crippen LogP contribution in [0, 0.1) is 0 Å². The van der Waals surface area contributed by atoms with Crippen LogP contribution in [-0.2, 0) is 6.54 Å². The maximum atomic E-state index is 11.0. The fraction of sp³-hybridized carbons (Fsp3) is 0.538. The maximum Gasteiger partial charge on any atom is 0.254 e. The van der Waals surface area contributed by atoms with Gasteiger partial charge >= 0.3 is 0 Å². The van der Waals surface area contributed by atoms with Crippen molar-refractivity contribution in [1.29, 1.82) is 0 Å². The monoisotopic (exact) mass is 300 g/mol. The quantitative estimate of drug-likeness (QED) is 0.512. The van der Waals surface area contributed by atoms with Gasteiger partial charge in [0.2, 0.25) is 0 Å². The van der Waals surface area contributed by atoms with E-state index in [-0.39, 0.29) is 22.9 Å². The molecule has 2 N–H and O–H groups in total. The van der Waals surface area contributed by atoms with Crippen LogP contribution in [0.2, 0.25) is 0 Å². The number of carbonyl (C=O) groups is 1. The predicted molar refractivity (Wildman–Crippen MR) is 63.9 cm³/mol. The number of amides is 1. The highest BCUT2D eigenvalue weighted by atomic mass is 79.9. The first-order valence-electron chi connectivity index (χ1n) is 6.03. The third-order valence-electron chi connectivity index (χ3n) is 2.66. The van der Waals surface area contributed by atoms with E-state index in [1.165, 1.54) is 25.7 Å². The zero-order chi connectivity index (χ0) is 11.8. The molecule has 1 aromatic heterocycles. The van der Waals surface area contributed by atoms with E-state index in [1.54, 1.807) is 6.07 Å². The highest BCUT2D eigenvalue weighted by Gasteiger charge is 2.06. The van der Waals surface area contributed by atoms with Gasteiger partial charge in [0.05, 0.1) is 0 Å². The molecule has 1 amide bonds. The van der Waals surface area contributed by atoms with Crippen LogP contribution in [0.25, 0.3) is 0 Å². The van der Waals surface area contributed by atoms with Gasteiger partial charge in [0.25, 0.3) is 5.91 Å². The second-order valence-corrected chi connectivity index (χ2v) is 4.11. The molecule has 0 radical (unpaired) electrons. The van der Waals surface area contributed by atoms with Gasteiger partial charge in [0.1, 0.15) is 12.1 Å². The molecule has 0 aliphatic heterocycles. The Morgan fingerprint density at radius 1 is 1.29 bits per heavy atom. The van der Waals surface area contributed by atoms with E-state index >= 15 is 0 Å². The molecule has 4 heteroatoms. The van der Waals surface area contributed by atoms with E-state index in [9.17, 15) is 4.79 Å². The fourth-order valence-electron chi connectivity index (χ4n) is 1.70. The summed E-state index contributed by atoms with van der Waals surface area (Å²) >= 11 is 0. The summed E-state index contributed by atoms with van der Waals surface area (Å²) in [6, 6.07) is 3.61. The molecule has 0 saturated carbocycles. The van der Waals surface area contributed by atoms with Gasteiger partial charge in [-0.15, -0.1) is 0 Å². The molecule has 0 spiro atoms. The zero-order valence-electron chi connectivity index (χ0n) is 10.4. The van der Waals surface area contributed by atoms with Crippen molar-refractivity contribution < 1.29 is 26.3 Å². The van der Waals surface area contributed by atoms with E-state index in [0.29, 0.717) is 5.56 Å². The van der Waals surface area contributed by atoms with Crippen LogP contribution in [0.1, 0.15) is 49.4 Å². The smallest absolute Gasteiger partial charge is 0.254 e. The fourth-order valence-corrected chi connectivity index (χ4v) is 1.70. The molecule has 1 rings (SSSR count). The molecule has 0 aliphatic rings. The van der Waals surface area contributed by atoms with Crippen molar-refractivity contribution in [2.45, 2.75) is 45.6 Å². The van der Waals surface area contributed by atoms with Crippen molar-refractivity contribution in [3.63, 3.8) is 0 Å². The normalized spacial score (nSPS) is 9.71. The molecule has 3 nitrogen and oxygen atoms in total. The Balaban J connectivity index is 0.00000256. The lowest BCUT2D eigenvalue weighted by Gasteiger charge is -1.99. The second kappa shape index (κ2) is 9.16. The van der Waals surface area contributed by atoms with Gasteiger partial charge in [-0.3, -0.25) is 4.79 Å². The number of nitrogens with zero attached hydrogens (tertiary/aromatic N) is 1. The number of hydrogen-bond acceptors (Lipinski definition) is 1. The number of aromatic nitrogens is 1. The Hall–Kier alpha value is -0.900. The zero-order valence-corrected chi connectivity index (χ0v) is 11.9. The molecule has 1 heterocycles. The number of hydrogen-bond donors (Lipinski definition) is 1. The minimum absolute atomic E-state index is 0. The summed E-state index contributed by atoms with van der Waals surface area (Å²) in [5, 5.41) is 0. The van der Waals surface area contributed by atoms with Crippen LogP contribution in [0.3, 0.4) is 0 Å². The van der Waals surface area contributed by atoms with Crippen LogP contribution in [-0.4, -0.2) is 5.91 Å². The van der Waals surface area contributed by atoms with Gasteiger partial charge < -0.3 is 22.7 Å². The summed E-state index contributed by atoms with van der Waals surface area (Å²) in [5.74, 6) is -0.361. The van der Waals surface area contributed by atoms with E-state index in [2.05, 4.69) is 6.92 Å². The molecule has 0 fully saturated rings. The standard InChI is InChI=1S/C13H20N2O.BrH/c1-2-3-4-5-6-9-15-10-7-8-12(11-15)13(14)16;/h7-8,10-11H,2-6,9H2,1H3,(H-,14,16);1H. The Labute approximate surface area is 114 Å². The first-order valence-corrected chi connectivity index (χ1v) is 6.03. The molecule has 0 unspecified atom stereocenters. The van der Waals surface area contributed by atoms with Crippen LogP contribution in [0.4, 0.5) is 0 Å². The molecular weight excluding hydrogens is 280 g/mol. The topological polar surface area (TPSA) is 47.0 Å². The van der Waals surface area contributed by atoms with Crippen LogP contribution in [0.5, 0.6) is 0 Å². The molecule has 0 saturated heterocycles. The van der Waals surface area contributed by atoms with Gasteiger partial charge in [-0.25, -0.2) is 4.57 Å². The van der Waals surface area contributed by atoms with Crippen LogP contribution >= 0.6 is 0 Å². The number of halogens is 1. The lowest BCUT2D eigenvalue weighted by atomic mass is 10.1. The van der Waals surface area contributed by atoms with Gasteiger partial charge in [0, 0.05) is 12.5 Å². The number of carbonyl (C=O) groups excluding carboxylic acids is 1. The van der Waals surface area contributed by atoms with Gasteiger partial charge in [-0.2, -0.15) is 0 Å². The average Bonchev–Trinajstić information content (AvgIpc) is 2.29. The molecule has 17 heavy (non-hydrogen) atoms. The third-order valence-corrected chi connectivity index (χ3v) is 2.66. The number of pyridine rings is 1. The van der Waals surface area contributed by atoms with Gasteiger partial charge in [-0.05, 0) is 12.5 Å². The SMILES string of the molecule is CCCCCCC[n+]1cccc(C(N)=O)c1.[Br-]. The van der Waals surface area contributed by atoms with E-state index in [0.717, 1.165) is 13.0 Å². The van der Waals surface area contributed by atoms with Crippen LogP contribution < -0.4 is 27.3 Å². The lowest BCUT2D eigenvalue weighted by molar-refractivity contribution is -0.697. The molecule has 0 aromatic carbocycles. The lowest BCUT2D eigenvalue weighted by Crippen LogP contribution is -3.00. The third kappa shape index (κ3) is 6.41. The summed E-state index contributed by atoms with van der Waals surface area (Å²) < 4.78 is 2.03. The Morgan fingerprint density at radius 3 is 2.65 bits per heavy atom. The molecular formula is C13H21BrN2O. The predicted octanol–water partition coefficient (Wildman–Crippen LogP) is -0.953. The van der Waals surface area contributed by atoms with Gasteiger partial charge in [0.15, 0.2) is 12.4 Å². The maximum absolute atomic E-state index is 11.0. The summed E-state index contributed by atoms with van der Waals surface area (Å²) in [7, 11) is 0. The Kier molecular flexibility index (Phi) is 8.68. The number of primary amides is 1. The number of nitrogens with two attached hydrogens (primary N) is 1. The van der Waals surface area contributed by atoms with Crippen molar-refractivity contribution in [2.24, 2.45) is 5.73 Å². The highest BCUT2D eigenvalue weighted by Crippen LogP contribution is 2.02. The summed E-state index contributed by atoms with van der Waals surface area (Å²) in [5.41, 5.74) is 5.80. The second-order valence-electron chi connectivity index (χ2n) is 4.11.